The van der Waals surface area contributed by atoms with E-state index in [2.05, 4.69) is 62.0 Å². The average molecular weight is 277 g/mol. The summed E-state index contributed by atoms with van der Waals surface area (Å²) < 4.78 is 4.68. The first kappa shape index (κ1) is 16.7. The summed E-state index contributed by atoms with van der Waals surface area (Å²) in [4.78, 5) is 11.3. The third kappa shape index (κ3) is 4.64. The number of ether oxygens (including phenoxy) is 1. The van der Waals surface area contributed by atoms with E-state index in [1.54, 1.807) is 0 Å². The van der Waals surface area contributed by atoms with Crippen molar-refractivity contribution in [3.63, 3.8) is 0 Å². The highest BCUT2D eigenvalue weighted by Gasteiger charge is 2.17. The fourth-order valence-electron chi connectivity index (χ4n) is 2.27. The molecule has 0 aromatic heterocycles. The van der Waals surface area contributed by atoms with Crippen molar-refractivity contribution in [2.75, 3.05) is 13.7 Å². The number of benzene rings is 1. The molecule has 0 spiro atoms. The van der Waals surface area contributed by atoms with Gasteiger partial charge in [0.1, 0.15) is 0 Å². The largest absolute Gasteiger partial charge is 0.468 e. The topological polar surface area (TPSA) is 38.3 Å². The number of carbonyl (C=O) groups excluding carboxylic acids is 1. The van der Waals surface area contributed by atoms with E-state index in [1.807, 2.05) is 0 Å². The molecule has 2 unspecified atom stereocenters. The molecule has 1 rings (SSSR count). The minimum Gasteiger partial charge on any atom is -0.468 e. The Labute approximate surface area is 122 Å². The molecule has 1 aromatic rings. The lowest BCUT2D eigenvalue weighted by atomic mass is 9.92. The Balaban J connectivity index is 2.79. The van der Waals surface area contributed by atoms with Crippen molar-refractivity contribution >= 4 is 5.97 Å². The van der Waals surface area contributed by atoms with Crippen LogP contribution in [0.1, 0.15) is 57.2 Å². The van der Waals surface area contributed by atoms with Crippen LogP contribution in [0.3, 0.4) is 0 Å². The van der Waals surface area contributed by atoms with Crippen LogP contribution in [-0.4, -0.2) is 19.6 Å². The average Bonchev–Trinajstić information content (AvgIpc) is 2.46. The molecule has 20 heavy (non-hydrogen) atoms. The van der Waals surface area contributed by atoms with E-state index in [9.17, 15) is 4.79 Å². The predicted octanol–water partition coefficient (Wildman–Crippen LogP) is 3.66. The quantitative estimate of drug-likeness (QED) is 0.773. The number of rotatable bonds is 7. The number of nitrogens with one attached hydrogen (secondary N) is 1. The number of hydrogen-bond donors (Lipinski definition) is 1. The molecule has 1 N–H and O–H groups in total. The van der Waals surface area contributed by atoms with Crippen molar-refractivity contribution in [2.24, 2.45) is 5.92 Å². The second-order valence-electron chi connectivity index (χ2n) is 5.65. The molecule has 0 heterocycles. The smallest absolute Gasteiger partial charge is 0.319 e. The lowest BCUT2D eigenvalue weighted by Gasteiger charge is -2.23. The van der Waals surface area contributed by atoms with Gasteiger partial charge in [-0.3, -0.25) is 10.1 Å². The molecule has 0 bridgehead atoms. The molecule has 0 aliphatic heterocycles. The lowest BCUT2D eigenvalue weighted by molar-refractivity contribution is -0.139. The summed E-state index contributed by atoms with van der Waals surface area (Å²) in [7, 11) is 1.41. The van der Waals surface area contributed by atoms with Crippen LogP contribution in [0.15, 0.2) is 24.3 Å². The van der Waals surface area contributed by atoms with Gasteiger partial charge in [0, 0.05) is 6.04 Å². The molecule has 0 amide bonds. The van der Waals surface area contributed by atoms with Crippen LogP contribution in [0.4, 0.5) is 0 Å². The van der Waals surface area contributed by atoms with Crippen molar-refractivity contribution in [3.8, 4) is 0 Å². The normalized spacial score (nSPS) is 14.1. The fraction of sp³-hybridized carbons (Fsp3) is 0.588. The second kappa shape index (κ2) is 8.05. The van der Waals surface area contributed by atoms with Crippen molar-refractivity contribution in [2.45, 2.75) is 46.1 Å². The predicted molar refractivity (Wildman–Crippen MR) is 82.7 cm³/mol. The van der Waals surface area contributed by atoms with Gasteiger partial charge in [0.25, 0.3) is 0 Å². The van der Waals surface area contributed by atoms with Gasteiger partial charge in [-0.25, -0.2) is 0 Å². The highest BCUT2D eigenvalue weighted by Crippen LogP contribution is 2.25. The minimum absolute atomic E-state index is 0.167. The molecule has 112 valence electrons. The van der Waals surface area contributed by atoms with Crippen molar-refractivity contribution < 1.29 is 9.53 Å². The number of carbonyl (C=O) groups is 1. The van der Waals surface area contributed by atoms with Crippen LogP contribution in [0.25, 0.3) is 0 Å². The van der Waals surface area contributed by atoms with Crippen molar-refractivity contribution in [1.29, 1.82) is 0 Å². The summed E-state index contributed by atoms with van der Waals surface area (Å²) in [5, 5.41) is 3.27. The molecule has 0 saturated carbocycles. The molecule has 1 aromatic carbocycles. The molecule has 0 saturated heterocycles. The Hall–Kier alpha value is -1.35. The first-order valence-corrected chi connectivity index (χ1v) is 7.39. The lowest BCUT2D eigenvalue weighted by Crippen LogP contribution is -2.31. The summed E-state index contributed by atoms with van der Waals surface area (Å²) in [5.74, 6) is 0.769. The van der Waals surface area contributed by atoms with Crippen LogP contribution in [0, 0.1) is 5.92 Å². The van der Waals surface area contributed by atoms with E-state index in [1.165, 1.54) is 18.2 Å². The van der Waals surface area contributed by atoms with E-state index in [0.29, 0.717) is 11.8 Å². The van der Waals surface area contributed by atoms with E-state index < -0.39 is 0 Å². The molecule has 3 heteroatoms. The molecule has 0 aliphatic carbocycles. The first-order valence-electron chi connectivity index (χ1n) is 7.39. The van der Waals surface area contributed by atoms with Crippen molar-refractivity contribution in [3.05, 3.63) is 35.4 Å². The van der Waals surface area contributed by atoms with E-state index in [0.717, 1.165) is 6.42 Å². The molecule has 0 fully saturated rings. The number of methoxy groups -OCH3 is 1. The SMILES string of the molecule is CCC(C)c1ccc(C(NCC(=O)OC)C(C)C)cc1. The summed E-state index contributed by atoms with van der Waals surface area (Å²) in [6, 6.07) is 8.88. The van der Waals surface area contributed by atoms with Crippen LogP contribution in [0.2, 0.25) is 0 Å². The van der Waals surface area contributed by atoms with Crippen LogP contribution in [0.5, 0.6) is 0 Å². The maximum Gasteiger partial charge on any atom is 0.319 e. The van der Waals surface area contributed by atoms with E-state index >= 15 is 0 Å². The Morgan fingerprint density at radius 3 is 2.15 bits per heavy atom. The summed E-state index contributed by atoms with van der Waals surface area (Å²) in [6.07, 6.45) is 1.15. The summed E-state index contributed by atoms with van der Waals surface area (Å²) in [5.41, 5.74) is 2.59. The van der Waals surface area contributed by atoms with Gasteiger partial charge in [-0.05, 0) is 29.4 Å². The standard InChI is InChI=1S/C17H27NO2/c1-6-13(4)14-7-9-15(10-8-14)17(12(2)3)18-11-16(19)20-5/h7-10,12-13,17-18H,6,11H2,1-5H3. The van der Waals surface area contributed by atoms with Crippen molar-refractivity contribution in [1.82, 2.24) is 5.32 Å². The Morgan fingerprint density at radius 1 is 1.15 bits per heavy atom. The zero-order valence-corrected chi connectivity index (χ0v) is 13.3. The van der Waals surface area contributed by atoms with Crippen LogP contribution >= 0.6 is 0 Å². The zero-order valence-electron chi connectivity index (χ0n) is 13.3. The van der Waals surface area contributed by atoms with Gasteiger partial charge in [-0.15, -0.1) is 0 Å². The third-order valence-corrected chi connectivity index (χ3v) is 3.84. The summed E-state index contributed by atoms with van der Waals surface area (Å²) in [6.45, 7) is 8.99. The van der Waals surface area contributed by atoms with Gasteiger partial charge in [0.05, 0.1) is 13.7 Å². The number of hydrogen-bond acceptors (Lipinski definition) is 3. The van der Waals surface area contributed by atoms with Crippen LogP contribution < -0.4 is 5.32 Å². The zero-order chi connectivity index (χ0) is 15.1. The van der Waals surface area contributed by atoms with Gasteiger partial charge in [0.15, 0.2) is 0 Å². The molecule has 2 atom stereocenters. The molecule has 3 nitrogen and oxygen atoms in total. The second-order valence-corrected chi connectivity index (χ2v) is 5.65. The minimum atomic E-state index is -0.230. The maximum atomic E-state index is 11.3. The number of esters is 1. The highest BCUT2D eigenvalue weighted by atomic mass is 16.5. The van der Waals surface area contributed by atoms with Crippen LogP contribution in [-0.2, 0) is 9.53 Å². The summed E-state index contributed by atoms with van der Waals surface area (Å²) >= 11 is 0. The highest BCUT2D eigenvalue weighted by molar-refractivity contribution is 5.71. The maximum absolute atomic E-state index is 11.3. The van der Waals surface area contributed by atoms with E-state index in [-0.39, 0.29) is 18.6 Å². The van der Waals surface area contributed by atoms with E-state index in [4.69, 9.17) is 0 Å². The van der Waals surface area contributed by atoms with Gasteiger partial charge in [0.2, 0.25) is 0 Å². The molecular formula is C17H27NO2. The first-order chi connectivity index (χ1) is 9.49. The Kier molecular flexibility index (Phi) is 6.73. The monoisotopic (exact) mass is 277 g/mol. The van der Waals surface area contributed by atoms with Gasteiger partial charge in [-0.1, -0.05) is 52.0 Å². The molecule has 0 radical (unpaired) electrons. The van der Waals surface area contributed by atoms with Gasteiger partial charge < -0.3 is 4.74 Å². The Bertz CT molecular complexity index is 412. The molecular weight excluding hydrogens is 250 g/mol. The van der Waals surface area contributed by atoms with Gasteiger partial charge in [-0.2, -0.15) is 0 Å². The Morgan fingerprint density at radius 2 is 1.70 bits per heavy atom. The molecule has 0 aliphatic rings. The fourth-order valence-corrected chi connectivity index (χ4v) is 2.27. The van der Waals surface area contributed by atoms with Gasteiger partial charge >= 0.3 is 5.97 Å². The third-order valence-electron chi connectivity index (χ3n) is 3.84.